The van der Waals surface area contributed by atoms with E-state index in [4.69, 9.17) is 16.3 Å². The number of pyridine rings is 1. The molecule has 1 aliphatic carbocycles. The molecule has 2 fully saturated rings. The van der Waals surface area contributed by atoms with Crippen molar-refractivity contribution >= 4 is 23.4 Å². The molecule has 5 rings (SSSR count). The summed E-state index contributed by atoms with van der Waals surface area (Å²) in [5.74, 6) is -4.07. The maximum absolute atomic E-state index is 13.9. The SMILES string of the molecule is O=C(NCc1cc(Cl)c(F)cc1F)c1cn2c(c(O)c1=O)C(=O)N1[C@H]3CC[C@H](C3)O[C@@H]1C2. The smallest absolute Gasteiger partial charge is 0.276 e. The van der Waals surface area contributed by atoms with Crippen LogP contribution in [0.2, 0.25) is 5.02 Å². The average Bonchev–Trinajstić information content (AvgIpc) is 3.12. The molecule has 1 saturated carbocycles. The van der Waals surface area contributed by atoms with Gasteiger partial charge in [-0.05, 0) is 25.3 Å². The molecule has 8 nitrogen and oxygen atoms in total. The lowest BCUT2D eigenvalue weighted by Crippen LogP contribution is -2.57. The molecule has 168 valence electrons. The van der Waals surface area contributed by atoms with Gasteiger partial charge in [-0.2, -0.15) is 0 Å². The lowest BCUT2D eigenvalue weighted by molar-refractivity contribution is -0.132. The van der Waals surface area contributed by atoms with E-state index < -0.39 is 46.4 Å². The third-order valence-electron chi connectivity index (χ3n) is 6.23. The van der Waals surface area contributed by atoms with E-state index in [1.165, 1.54) is 10.8 Å². The summed E-state index contributed by atoms with van der Waals surface area (Å²) in [6, 6.07) is 1.62. The number of hydrogen-bond donors (Lipinski definition) is 2. The highest BCUT2D eigenvalue weighted by Gasteiger charge is 2.47. The zero-order valence-electron chi connectivity index (χ0n) is 16.6. The lowest BCUT2D eigenvalue weighted by atomic mass is 10.1. The molecule has 2 aliphatic heterocycles. The summed E-state index contributed by atoms with van der Waals surface area (Å²) in [6.07, 6.45) is 3.05. The molecule has 2 bridgehead atoms. The molecule has 1 saturated heterocycles. The van der Waals surface area contributed by atoms with Gasteiger partial charge in [0.25, 0.3) is 11.8 Å². The molecule has 2 N–H and O–H groups in total. The van der Waals surface area contributed by atoms with E-state index in [-0.39, 0.29) is 41.5 Å². The van der Waals surface area contributed by atoms with Crippen molar-refractivity contribution in [3.8, 4) is 5.75 Å². The number of carbonyl (C=O) groups excluding carboxylic acids is 2. The van der Waals surface area contributed by atoms with Gasteiger partial charge in [0.15, 0.2) is 17.7 Å². The van der Waals surface area contributed by atoms with Crippen LogP contribution in [0.25, 0.3) is 0 Å². The summed E-state index contributed by atoms with van der Waals surface area (Å²) >= 11 is 5.65. The first-order valence-corrected chi connectivity index (χ1v) is 10.5. The van der Waals surface area contributed by atoms with E-state index >= 15 is 0 Å². The van der Waals surface area contributed by atoms with Crippen molar-refractivity contribution in [3.63, 3.8) is 0 Å². The van der Waals surface area contributed by atoms with Crippen molar-refractivity contribution in [2.45, 2.75) is 50.7 Å². The van der Waals surface area contributed by atoms with E-state index in [9.17, 15) is 28.3 Å². The second-order valence-corrected chi connectivity index (χ2v) is 8.56. The maximum atomic E-state index is 13.9. The van der Waals surface area contributed by atoms with E-state index in [0.29, 0.717) is 6.07 Å². The topological polar surface area (TPSA) is 101 Å². The van der Waals surface area contributed by atoms with Crippen molar-refractivity contribution in [1.82, 2.24) is 14.8 Å². The van der Waals surface area contributed by atoms with Crippen molar-refractivity contribution < 1.29 is 28.2 Å². The van der Waals surface area contributed by atoms with Gasteiger partial charge in [-0.3, -0.25) is 14.4 Å². The largest absolute Gasteiger partial charge is 0.503 e. The first-order valence-electron chi connectivity index (χ1n) is 10.1. The van der Waals surface area contributed by atoms with Gasteiger partial charge in [-0.1, -0.05) is 11.6 Å². The Bertz CT molecular complexity index is 1220. The van der Waals surface area contributed by atoms with Gasteiger partial charge in [0.05, 0.1) is 17.7 Å². The Kier molecular flexibility index (Phi) is 4.94. The monoisotopic (exact) mass is 465 g/mol. The Labute approximate surface area is 185 Å². The molecule has 3 aliphatic rings. The van der Waals surface area contributed by atoms with Crippen LogP contribution in [-0.4, -0.2) is 44.8 Å². The summed E-state index contributed by atoms with van der Waals surface area (Å²) in [5, 5.41) is 12.5. The molecule has 0 unspecified atom stereocenters. The zero-order valence-corrected chi connectivity index (χ0v) is 17.4. The van der Waals surface area contributed by atoms with Crippen molar-refractivity contribution in [2.24, 2.45) is 0 Å². The first kappa shape index (κ1) is 20.9. The van der Waals surface area contributed by atoms with Gasteiger partial charge in [-0.15, -0.1) is 0 Å². The van der Waals surface area contributed by atoms with Crippen LogP contribution < -0.4 is 10.7 Å². The summed E-state index contributed by atoms with van der Waals surface area (Å²) in [4.78, 5) is 39.9. The Hall–Kier alpha value is -2.98. The second-order valence-electron chi connectivity index (χ2n) is 8.15. The fraction of sp³-hybridized carbons (Fsp3) is 0.381. The predicted octanol–water partition coefficient (Wildman–Crippen LogP) is 2.15. The Morgan fingerprint density at radius 2 is 2.03 bits per heavy atom. The fourth-order valence-corrected chi connectivity index (χ4v) is 4.87. The number of benzene rings is 1. The molecule has 2 aromatic rings. The quantitative estimate of drug-likeness (QED) is 0.676. The van der Waals surface area contributed by atoms with Crippen molar-refractivity contribution in [3.05, 3.63) is 62.0 Å². The minimum Gasteiger partial charge on any atom is -0.503 e. The first-order chi connectivity index (χ1) is 15.2. The van der Waals surface area contributed by atoms with E-state index in [1.54, 1.807) is 4.90 Å². The summed E-state index contributed by atoms with van der Waals surface area (Å²) < 4.78 is 34.5. The number of fused-ring (bicyclic) bond motifs is 5. The van der Waals surface area contributed by atoms with Crippen molar-refractivity contribution in [1.29, 1.82) is 0 Å². The predicted molar refractivity (Wildman–Crippen MR) is 107 cm³/mol. The van der Waals surface area contributed by atoms with Gasteiger partial charge < -0.3 is 24.6 Å². The number of nitrogens with one attached hydrogen (secondary N) is 1. The number of carbonyl (C=O) groups is 2. The zero-order chi connectivity index (χ0) is 22.7. The van der Waals surface area contributed by atoms with E-state index in [2.05, 4.69) is 5.32 Å². The Balaban J connectivity index is 1.43. The maximum Gasteiger partial charge on any atom is 0.276 e. The number of ether oxygens (including phenoxy) is 1. The molecule has 1 aromatic heterocycles. The summed E-state index contributed by atoms with van der Waals surface area (Å²) in [7, 11) is 0. The Morgan fingerprint density at radius 1 is 1.25 bits per heavy atom. The molecule has 3 heterocycles. The molecule has 0 spiro atoms. The summed E-state index contributed by atoms with van der Waals surface area (Å²) in [6.45, 7) is -0.210. The second kappa shape index (κ2) is 7.56. The van der Waals surface area contributed by atoms with Gasteiger partial charge in [0.1, 0.15) is 17.2 Å². The minimum absolute atomic E-state index is 0.00472. The van der Waals surface area contributed by atoms with Gasteiger partial charge in [0, 0.05) is 30.4 Å². The number of aromatic hydroxyl groups is 1. The highest BCUT2D eigenvalue weighted by Crippen LogP contribution is 2.38. The minimum atomic E-state index is -1.01. The van der Waals surface area contributed by atoms with Crippen LogP contribution in [-0.2, 0) is 17.8 Å². The van der Waals surface area contributed by atoms with Crippen LogP contribution >= 0.6 is 11.6 Å². The molecule has 0 radical (unpaired) electrons. The number of halogens is 3. The van der Waals surface area contributed by atoms with Gasteiger partial charge in [-0.25, -0.2) is 8.78 Å². The number of amides is 2. The van der Waals surface area contributed by atoms with Crippen LogP contribution in [0.4, 0.5) is 8.78 Å². The molecule has 3 atom stereocenters. The Morgan fingerprint density at radius 3 is 2.81 bits per heavy atom. The normalized spacial score (nSPS) is 23.7. The molecule has 32 heavy (non-hydrogen) atoms. The standard InChI is InChI=1S/C21H18ClF2N3O5/c22-13-3-9(14(23)5-15(13)24)6-25-20(30)12-7-26-8-16-27(10-1-2-11(4-10)32-16)21(31)17(26)19(29)18(12)28/h3,5,7,10-11,16,29H,1-2,4,6,8H2,(H,25,30)/t10-,11+,16+/m0/s1. The third-order valence-corrected chi connectivity index (χ3v) is 6.52. The van der Waals surface area contributed by atoms with E-state index in [0.717, 1.165) is 25.3 Å². The van der Waals surface area contributed by atoms with Gasteiger partial charge >= 0.3 is 0 Å². The number of nitrogens with zero attached hydrogens (tertiary/aromatic N) is 2. The van der Waals surface area contributed by atoms with Crippen LogP contribution in [0.15, 0.2) is 23.1 Å². The fourth-order valence-electron chi connectivity index (χ4n) is 4.68. The number of hydrogen-bond acceptors (Lipinski definition) is 5. The molecular formula is C21H18ClF2N3O5. The molecule has 1 aromatic carbocycles. The van der Waals surface area contributed by atoms with Crippen LogP contribution in [0, 0.1) is 11.6 Å². The van der Waals surface area contributed by atoms with Crippen LogP contribution in [0.3, 0.4) is 0 Å². The van der Waals surface area contributed by atoms with Gasteiger partial charge in [0.2, 0.25) is 5.43 Å². The third kappa shape index (κ3) is 3.25. The summed E-state index contributed by atoms with van der Waals surface area (Å²) in [5.41, 5.74) is -1.70. The number of aromatic nitrogens is 1. The molecule has 11 heteroatoms. The lowest BCUT2D eigenvalue weighted by Gasteiger charge is -2.44. The van der Waals surface area contributed by atoms with Crippen LogP contribution in [0.5, 0.6) is 5.75 Å². The van der Waals surface area contributed by atoms with Crippen LogP contribution in [0.1, 0.15) is 45.7 Å². The van der Waals surface area contributed by atoms with E-state index in [1.807, 2.05) is 0 Å². The average molecular weight is 466 g/mol. The molecule has 2 amide bonds. The highest BCUT2D eigenvalue weighted by molar-refractivity contribution is 6.30. The van der Waals surface area contributed by atoms with Crippen molar-refractivity contribution in [2.75, 3.05) is 0 Å². The number of rotatable bonds is 3. The highest BCUT2D eigenvalue weighted by atomic mass is 35.5. The molecular weight excluding hydrogens is 448 g/mol.